The maximum Gasteiger partial charge on any atom is 0.156 e. The fraction of sp³-hybridized carbons (Fsp3) is 0.143. The Morgan fingerprint density at radius 3 is 2.32 bits per heavy atom. The summed E-state index contributed by atoms with van der Waals surface area (Å²) in [6.45, 7) is 0.531. The third-order valence-corrected chi connectivity index (χ3v) is 3.90. The number of nitrogens with two attached hydrogens (primary N) is 1. The molecular weight excluding hydrogens is 301 g/mol. The van der Waals surface area contributed by atoms with Gasteiger partial charge in [-0.3, -0.25) is 0 Å². The number of hydrogen-bond acceptors (Lipinski definition) is 3. The van der Waals surface area contributed by atoms with Crippen LogP contribution in [-0.4, -0.2) is 12.4 Å². The van der Waals surface area contributed by atoms with Crippen LogP contribution in [0.2, 0.25) is 10.0 Å². The van der Waals surface area contributed by atoms with E-state index in [0.29, 0.717) is 28.1 Å². The molecule has 0 heterocycles. The van der Waals surface area contributed by atoms with E-state index in [1.54, 1.807) is 23.9 Å². The largest absolute Gasteiger partial charge is 0.490 e. The zero-order chi connectivity index (χ0) is 13.7. The second-order valence-corrected chi connectivity index (χ2v) is 5.81. The van der Waals surface area contributed by atoms with Gasteiger partial charge in [-0.25, -0.2) is 0 Å². The lowest BCUT2D eigenvalue weighted by atomic mass is 10.3. The number of anilines is 1. The van der Waals surface area contributed by atoms with Crippen molar-refractivity contribution in [2.75, 3.05) is 18.1 Å². The highest BCUT2D eigenvalue weighted by Crippen LogP contribution is 2.35. The van der Waals surface area contributed by atoms with E-state index < -0.39 is 0 Å². The lowest BCUT2D eigenvalue weighted by Crippen LogP contribution is -2.01. The second-order valence-electron chi connectivity index (χ2n) is 3.82. The van der Waals surface area contributed by atoms with Crippen LogP contribution in [0.15, 0.2) is 47.4 Å². The Balaban J connectivity index is 1.86. The molecule has 0 aliphatic carbocycles. The number of halogens is 2. The van der Waals surface area contributed by atoms with E-state index in [-0.39, 0.29) is 0 Å². The quantitative estimate of drug-likeness (QED) is 0.491. The van der Waals surface area contributed by atoms with E-state index in [9.17, 15) is 0 Å². The molecule has 0 fully saturated rings. The summed E-state index contributed by atoms with van der Waals surface area (Å²) in [5.41, 5.74) is 6.16. The van der Waals surface area contributed by atoms with Gasteiger partial charge in [0.1, 0.15) is 0 Å². The first-order valence-electron chi connectivity index (χ1n) is 5.72. The van der Waals surface area contributed by atoms with Gasteiger partial charge in [0, 0.05) is 16.3 Å². The molecule has 0 aliphatic heterocycles. The average molecular weight is 314 g/mol. The van der Waals surface area contributed by atoms with Gasteiger partial charge in [-0.15, -0.1) is 11.8 Å². The molecule has 2 rings (SSSR count). The molecule has 2 N–H and O–H groups in total. The smallest absolute Gasteiger partial charge is 0.156 e. The lowest BCUT2D eigenvalue weighted by molar-refractivity contribution is 0.344. The molecule has 100 valence electrons. The highest BCUT2D eigenvalue weighted by molar-refractivity contribution is 7.99. The molecule has 0 aliphatic rings. The molecule has 0 aromatic heterocycles. The number of nitrogen functional groups attached to an aromatic ring is 1. The summed E-state index contributed by atoms with van der Waals surface area (Å²) in [7, 11) is 0. The SMILES string of the molecule is Nc1cc(Cl)c(OCCSc2ccccc2)c(Cl)c1. The van der Waals surface area contributed by atoms with Gasteiger partial charge in [-0.05, 0) is 24.3 Å². The Kier molecular flexibility index (Phi) is 5.25. The predicted octanol–water partition coefficient (Wildman–Crippen LogP) is 4.75. The van der Waals surface area contributed by atoms with Gasteiger partial charge < -0.3 is 10.5 Å². The van der Waals surface area contributed by atoms with Gasteiger partial charge in [-0.2, -0.15) is 0 Å². The van der Waals surface area contributed by atoms with Gasteiger partial charge in [0.2, 0.25) is 0 Å². The second kappa shape index (κ2) is 6.94. The first-order chi connectivity index (χ1) is 9.16. The van der Waals surface area contributed by atoms with E-state index in [0.717, 1.165) is 5.75 Å². The molecule has 2 aromatic rings. The Hall–Kier alpha value is -1.03. The van der Waals surface area contributed by atoms with Crippen molar-refractivity contribution < 1.29 is 4.74 Å². The van der Waals surface area contributed by atoms with Crippen LogP contribution in [0.5, 0.6) is 5.75 Å². The van der Waals surface area contributed by atoms with Crippen LogP contribution in [-0.2, 0) is 0 Å². The average Bonchev–Trinajstić information content (AvgIpc) is 2.38. The number of ether oxygens (including phenoxy) is 1. The normalized spacial score (nSPS) is 10.4. The van der Waals surface area contributed by atoms with E-state index in [1.807, 2.05) is 18.2 Å². The fourth-order valence-corrected chi connectivity index (χ4v) is 2.90. The van der Waals surface area contributed by atoms with E-state index in [2.05, 4.69) is 12.1 Å². The number of thioether (sulfide) groups is 1. The highest BCUT2D eigenvalue weighted by atomic mass is 35.5. The number of hydrogen-bond donors (Lipinski definition) is 1. The molecule has 5 heteroatoms. The molecule has 2 aromatic carbocycles. The fourth-order valence-electron chi connectivity index (χ4n) is 1.54. The predicted molar refractivity (Wildman–Crippen MR) is 83.5 cm³/mol. The molecule has 2 nitrogen and oxygen atoms in total. The van der Waals surface area contributed by atoms with Crippen molar-refractivity contribution >= 4 is 40.7 Å². The number of benzene rings is 2. The molecule has 0 bridgehead atoms. The van der Waals surface area contributed by atoms with Crippen molar-refractivity contribution in [3.63, 3.8) is 0 Å². The van der Waals surface area contributed by atoms with Crippen LogP contribution in [0, 0.1) is 0 Å². The monoisotopic (exact) mass is 313 g/mol. The summed E-state index contributed by atoms with van der Waals surface area (Å²) in [6, 6.07) is 13.4. The minimum atomic E-state index is 0.440. The Labute approximate surface area is 126 Å². The summed E-state index contributed by atoms with van der Waals surface area (Å²) >= 11 is 13.8. The summed E-state index contributed by atoms with van der Waals surface area (Å²) < 4.78 is 5.60. The van der Waals surface area contributed by atoms with Gasteiger partial charge >= 0.3 is 0 Å². The molecule has 19 heavy (non-hydrogen) atoms. The topological polar surface area (TPSA) is 35.2 Å². The third kappa shape index (κ3) is 4.23. The first-order valence-corrected chi connectivity index (χ1v) is 7.46. The van der Waals surface area contributed by atoms with Crippen LogP contribution in [0.3, 0.4) is 0 Å². The standard InChI is InChI=1S/C14H13Cl2NOS/c15-12-8-10(17)9-13(16)14(12)18-6-7-19-11-4-2-1-3-5-11/h1-5,8-9H,6-7,17H2. The molecule has 0 atom stereocenters. The Morgan fingerprint density at radius 1 is 1.05 bits per heavy atom. The van der Waals surface area contributed by atoms with Gasteiger partial charge in [0.25, 0.3) is 0 Å². The maximum absolute atomic E-state index is 6.03. The zero-order valence-electron chi connectivity index (χ0n) is 10.1. The number of rotatable bonds is 5. The Bertz CT molecular complexity index is 525. The van der Waals surface area contributed by atoms with Crippen molar-refractivity contribution in [2.24, 2.45) is 0 Å². The maximum atomic E-state index is 6.03. The van der Waals surface area contributed by atoms with Crippen molar-refractivity contribution in [1.29, 1.82) is 0 Å². The van der Waals surface area contributed by atoms with Gasteiger partial charge in [-0.1, -0.05) is 41.4 Å². The summed E-state index contributed by atoms with van der Waals surface area (Å²) in [4.78, 5) is 1.21. The van der Waals surface area contributed by atoms with Gasteiger partial charge in [0.05, 0.1) is 16.7 Å². The van der Waals surface area contributed by atoms with Crippen LogP contribution >= 0.6 is 35.0 Å². The molecule has 0 radical (unpaired) electrons. The third-order valence-electron chi connectivity index (χ3n) is 2.36. The van der Waals surface area contributed by atoms with Gasteiger partial charge in [0.15, 0.2) is 5.75 Å². The minimum Gasteiger partial charge on any atom is -0.490 e. The van der Waals surface area contributed by atoms with Crippen molar-refractivity contribution in [1.82, 2.24) is 0 Å². The lowest BCUT2D eigenvalue weighted by Gasteiger charge is -2.10. The van der Waals surface area contributed by atoms with Crippen LogP contribution in [0.4, 0.5) is 5.69 Å². The Morgan fingerprint density at radius 2 is 1.68 bits per heavy atom. The zero-order valence-corrected chi connectivity index (χ0v) is 12.4. The van der Waals surface area contributed by atoms with Crippen LogP contribution in [0.1, 0.15) is 0 Å². The van der Waals surface area contributed by atoms with E-state index in [1.165, 1.54) is 4.90 Å². The molecule has 0 spiro atoms. The summed E-state index contributed by atoms with van der Waals surface area (Å²) in [5, 5.41) is 0.879. The van der Waals surface area contributed by atoms with E-state index in [4.69, 9.17) is 33.7 Å². The van der Waals surface area contributed by atoms with E-state index >= 15 is 0 Å². The molecule has 0 saturated carbocycles. The molecular formula is C14H13Cl2NOS. The highest BCUT2D eigenvalue weighted by Gasteiger charge is 2.08. The van der Waals surface area contributed by atoms with Crippen LogP contribution < -0.4 is 10.5 Å². The van der Waals surface area contributed by atoms with Crippen LogP contribution in [0.25, 0.3) is 0 Å². The summed E-state index contributed by atoms with van der Waals surface area (Å²) in [5.74, 6) is 1.31. The first kappa shape index (κ1) is 14.4. The summed E-state index contributed by atoms with van der Waals surface area (Å²) in [6.07, 6.45) is 0. The minimum absolute atomic E-state index is 0.440. The molecule has 0 unspecified atom stereocenters. The molecule has 0 amide bonds. The van der Waals surface area contributed by atoms with Crippen molar-refractivity contribution in [2.45, 2.75) is 4.90 Å². The van der Waals surface area contributed by atoms with Crippen molar-refractivity contribution in [3.8, 4) is 5.75 Å². The van der Waals surface area contributed by atoms with Crippen molar-refractivity contribution in [3.05, 3.63) is 52.5 Å². The molecule has 0 saturated heterocycles.